The van der Waals surface area contributed by atoms with E-state index in [4.69, 9.17) is 1.37 Å². The molecule has 0 heteroatoms. The lowest BCUT2D eigenvalue weighted by atomic mass is 10.2. The normalized spacial score (nSPS) is 10.9. The van der Waals surface area contributed by atoms with Crippen LogP contribution in [0.3, 0.4) is 0 Å². The fourth-order valence-electron chi connectivity index (χ4n) is 0.712. The first-order valence-electron chi connectivity index (χ1n) is 3.38. The molecule has 0 N–H and O–H groups in total. The Morgan fingerprint density at radius 2 is 2.12 bits per heavy atom. The summed E-state index contributed by atoms with van der Waals surface area (Å²) in [6.07, 6.45) is 0. The first kappa shape index (κ1) is 4.13. The predicted molar refractivity (Wildman–Crippen MR) is 35.9 cm³/mol. The van der Waals surface area contributed by atoms with Gasteiger partial charge in [0.15, 0.2) is 0 Å². The third-order valence-electron chi connectivity index (χ3n) is 1.08. The zero-order chi connectivity index (χ0) is 6.69. The van der Waals surface area contributed by atoms with Gasteiger partial charge < -0.3 is 0 Å². The summed E-state index contributed by atoms with van der Waals surface area (Å²) >= 11 is 0. The van der Waals surface area contributed by atoms with E-state index >= 15 is 0 Å². The summed E-state index contributed by atoms with van der Waals surface area (Å²) in [6, 6.07) is 8.03. The van der Waals surface area contributed by atoms with Crippen LogP contribution in [-0.4, -0.2) is 0 Å². The van der Waals surface area contributed by atoms with Gasteiger partial charge in [-0.3, -0.25) is 0 Å². The van der Waals surface area contributed by atoms with E-state index < -0.39 is 0 Å². The molecule has 0 aliphatic carbocycles. The second-order valence-corrected chi connectivity index (χ2v) is 1.99. The minimum atomic E-state index is 0.391. The quantitative estimate of drug-likeness (QED) is 0.477. The van der Waals surface area contributed by atoms with Gasteiger partial charge >= 0.3 is 0 Å². The lowest BCUT2D eigenvalue weighted by Gasteiger charge is -1.90. The number of hydrogen-bond acceptors (Lipinski definition) is 0. The van der Waals surface area contributed by atoms with Crippen LogP contribution in [0.1, 0.15) is 12.5 Å². The van der Waals surface area contributed by atoms with Gasteiger partial charge in [0.2, 0.25) is 0 Å². The molecule has 0 fully saturated rings. The molecule has 0 saturated carbocycles. The molecule has 0 atom stereocenters. The molecule has 8 heavy (non-hydrogen) atoms. The molecule has 0 spiro atoms. The van der Waals surface area contributed by atoms with Crippen molar-refractivity contribution in [2.45, 2.75) is 13.8 Å². The van der Waals surface area contributed by atoms with Crippen molar-refractivity contribution in [1.29, 1.82) is 0 Å². The van der Waals surface area contributed by atoms with Crippen LogP contribution in [0.15, 0.2) is 24.3 Å². The van der Waals surface area contributed by atoms with Crippen LogP contribution in [-0.2, 0) is 0 Å². The monoisotopic (exact) mass is 107 g/mol. The van der Waals surface area contributed by atoms with E-state index in [1.807, 2.05) is 31.2 Å². The van der Waals surface area contributed by atoms with Crippen LogP contribution in [0.2, 0.25) is 0 Å². The summed E-state index contributed by atoms with van der Waals surface area (Å²) < 4.78 is 7.04. The maximum atomic E-state index is 7.04. The predicted octanol–water partition coefficient (Wildman–Crippen LogP) is 2.30. The Kier molecular flexibility index (Phi) is 1.03. The molecule has 0 unspecified atom stereocenters. The molecule has 0 aliphatic rings. The van der Waals surface area contributed by atoms with E-state index in [0.29, 0.717) is 6.90 Å². The number of rotatable bonds is 0. The van der Waals surface area contributed by atoms with Crippen molar-refractivity contribution in [2.24, 2.45) is 0 Å². The molecule has 0 aliphatic heterocycles. The molecule has 0 amide bonds. The maximum absolute atomic E-state index is 7.04. The Bertz CT molecular complexity index is 194. The standard InChI is InChI=1S/C8H10/c1-7-4-3-5-8(2)6-7/h3-6H,1-2H3/i1D. The lowest BCUT2D eigenvalue weighted by molar-refractivity contribution is 1.39. The first-order chi connectivity index (χ1) is 4.33. The molecular formula is C8H10. The van der Waals surface area contributed by atoms with Crippen molar-refractivity contribution in [3.05, 3.63) is 35.4 Å². The molecule has 1 rings (SSSR count). The Balaban J connectivity index is 2.94. The van der Waals surface area contributed by atoms with Gasteiger partial charge in [-0.15, -0.1) is 0 Å². The highest BCUT2D eigenvalue weighted by molar-refractivity contribution is 5.20. The number of aryl methyl sites for hydroxylation is 2. The van der Waals surface area contributed by atoms with E-state index in [9.17, 15) is 0 Å². The van der Waals surface area contributed by atoms with Gasteiger partial charge in [-0.25, -0.2) is 0 Å². The Morgan fingerprint density at radius 3 is 2.62 bits per heavy atom. The van der Waals surface area contributed by atoms with Crippen LogP contribution in [0, 0.1) is 13.8 Å². The fraction of sp³-hybridized carbons (Fsp3) is 0.250. The highest BCUT2D eigenvalue weighted by Crippen LogP contribution is 2.00. The van der Waals surface area contributed by atoms with Gasteiger partial charge in [0, 0.05) is 1.37 Å². The largest absolute Gasteiger partial charge is 0.0617 e. The third-order valence-corrected chi connectivity index (χ3v) is 1.08. The van der Waals surface area contributed by atoms with Crippen LogP contribution >= 0.6 is 0 Å². The minimum absolute atomic E-state index is 0.391. The Labute approximate surface area is 51.6 Å². The lowest BCUT2D eigenvalue weighted by Crippen LogP contribution is -1.71. The molecule has 0 bridgehead atoms. The van der Waals surface area contributed by atoms with Crippen molar-refractivity contribution < 1.29 is 1.37 Å². The summed E-state index contributed by atoms with van der Waals surface area (Å²) in [4.78, 5) is 0. The smallest absolute Gasteiger partial charge is 0.0280 e. The second kappa shape index (κ2) is 1.99. The second-order valence-electron chi connectivity index (χ2n) is 1.99. The van der Waals surface area contributed by atoms with Gasteiger partial charge in [-0.2, -0.15) is 0 Å². The van der Waals surface area contributed by atoms with Gasteiger partial charge in [0.1, 0.15) is 0 Å². The molecule has 0 nitrogen and oxygen atoms in total. The summed E-state index contributed by atoms with van der Waals surface area (Å²) in [5.41, 5.74) is 2.33. The number of benzene rings is 1. The summed E-state index contributed by atoms with van der Waals surface area (Å²) in [6.45, 7) is 2.43. The molecule has 0 heterocycles. The van der Waals surface area contributed by atoms with Crippen LogP contribution in [0.5, 0.6) is 0 Å². The Morgan fingerprint density at radius 1 is 1.38 bits per heavy atom. The molecule has 0 saturated heterocycles. The molecule has 42 valence electrons. The molecule has 1 aromatic rings. The molecule has 0 aromatic heterocycles. The van der Waals surface area contributed by atoms with Gasteiger partial charge in [-0.1, -0.05) is 35.4 Å². The van der Waals surface area contributed by atoms with Crippen molar-refractivity contribution >= 4 is 0 Å². The topological polar surface area (TPSA) is 0 Å². The molecule has 0 radical (unpaired) electrons. The zero-order valence-corrected chi connectivity index (χ0v) is 5.02. The summed E-state index contributed by atoms with van der Waals surface area (Å²) in [5.74, 6) is 0. The van der Waals surface area contributed by atoms with Gasteiger partial charge in [0.25, 0.3) is 0 Å². The summed E-state index contributed by atoms with van der Waals surface area (Å²) in [5, 5.41) is 0. The van der Waals surface area contributed by atoms with Crippen molar-refractivity contribution in [3.8, 4) is 0 Å². The van der Waals surface area contributed by atoms with Crippen LogP contribution in [0.25, 0.3) is 0 Å². The number of hydrogen-bond donors (Lipinski definition) is 0. The first-order valence-corrected chi connectivity index (χ1v) is 2.67. The van der Waals surface area contributed by atoms with E-state index in [2.05, 4.69) is 0 Å². The zero-order valence-electron chi connectivity index (χ0n) is 6.02. The van der Waals surface area contributed by atoms with E-state index in [1.165, 1.54) is 5.56 Å². The van der Waals surface area contributed by atoms with Crippen LogP contribution in [0.4, 0.5) is 0 Å². The third kappa shape index (κ3) is 1.09. The fourth-order valence-corrected chi connectivity index (χ4v) is 0.712. The van der Waals surface area contributed by atoms with Crippen LogP contribution < -0.4 is 0 Å². The van der Waals surface area contributed by atoms with Gasteiger partial charge in [0.05, 0.1) is 0 Å². The average Bonchev–Trinajstić information content (AvgIpc) is 1.88. The van der Waals surface area contributed by atoms with E-state index in [-0.39, 0.29) is 0 Å². The minimum Gasteiger partial charge on any atom is -0.0617 e. The Hall–Kier alpha value is -0.780. The average molecular weight is 107 g/mol. The SMILES string of the molecule is [2H]Cc1cccc(C)c1. The highest BCUT2D eigenvalue weighted by Gasteiger charge is 1.80. The van der Waals surface area contributed by atoms with E-state index in [1.54, 1.807) is 0 Å². The highest BCUT2D eigenvalue weighted by atomic mass is 13.9. The molecular weight excluding hydrogens is 96.1 g/mol. The maximum Gasteiger partial charge on any atom is 0.0280 e. The van der Waals surface area contributed by atoms with Crippen molar-refractivity contribution in [2.75, 3.05) is 0 Å². The molecule has 1 aromatic carbocycles. The van der Waals surface area contributed by atoms with Crippen molar-refractivity contribution in [3.63, 3.8) is 0 Å². The van der Waals surface area contributed by atoms with E-state index in [0.717, 1.165) is 5.56 Å². The van der Waals surface area contributed by atoms with Crippen molar-refractivity contribution in [1.82, 2.24) is 0 Å². The van der Waals surface area contributed by atoms with Gasteiger partial charge in [-0.05, 0) is 13.8 Å². The summed E-state index contributed by atoms with van der Waals surface area (Å²) in [7, 11) is 0.